The number of hydrogen-bond donors (Lipinski definition) is 0. The second kappa shape index (κ2) is 9.55. The summed E-state index contributed by atoms with van der Waals surface area (Å²) in [5.74, 6) is 0.674. The second-order valence-electron chi connectivity index (χ2n) is 8.30. The molecule has 1 aromatic carbocycles. The molecule has 2 saturated heterocycles. The fourth-order valence-electron chi connectivity index (χ4n) is 4.16. The first-order chi connectivity index (χ1) is 13.8. The van der Waals surface area contributed by atoms with Crippen LogP contribution in [0.2, 0.25) is 0 Å². The summed E-state index contributed by atoms with van der Waals surface area (Å²) in [5.41, 5.74) is 1.15. The normalized spacial score (nSPS) is 22.0. The summed E-state index contributed by atoms with van der Waals surface area (Å²) in [6, 6.07) is 7.12. The number of sulfonamides is 1. The third kappa shape index (κ3) is 5.17. The van der Waals surface area contributed by atoms with E-state index in [1.54, 1.807) is 23.5 Å². The number of piperazine rings is 1. The van der Waals surface area contributed by atoms with Gasteiger partial charge >= 0.3 is 0 Å². The molecule has 0 N–H and O–H groups in total. The molecule has 2 heterocycles. The summed E-state index contributed by atoms with van der Waals surface area (Å²) in [4.78, 5) is 16.9. The number of rotatable bonds is 8. The molecule has 1 unspecified atom stereocenters. The maximum absolute atomic E-state index is 13.0. The topological polar surface area (TPSA) is 70.2 Å². The number of hydrogen-bond acceptors (Lipinski definition) is 5. The van der Waals surface area contributed by atoms with Crippen molar-refractivity contribution in [1.29, 1.82) is 0 Å². The molecule has 1 amide bonds. The maximum atomic E-state index is 13.0. The molecule has 1 aromatic rings. The fourth-order valence-corrected chi connectivity index (χ4v) is 5.58. The molecule has 0 bridgehead atoms. The molecule has 2 aliphatic heterocycles. The van der Waals surface area contributed by atoms with Crippen LogP contribution in [0.5, 0.6) is 0 Å². The van der Waals surface area contributed by atoms with Gasteiger partial charge in [0.05, 0.1) is 17.5 Å². The fraction of sp³-hybridized carbons (Fsp3) is 0.667. The van der Waals surface area contributed by atoms with Gasteiger partial charge in [0.25, 0.3) is 0 Å². The van der Waals surface area contributed by atoms with Crippen molar-refractivity contribution in [3.63, 3.8) is 0 Å². The van der Waals surface area contributed by atoms with E-state index in [9.17, 15) is 13.2 Å². The van der Waals surface area contributed by atoms with Crippen LogP contribution in [-0.4, -0.2) is 87.5 Å². The third-order valence-corrected chi connectivity index (χ3v) is 7.67. The lowest BCUT2D eigenvalue weighted by molar-refractivity contribution is -0.133. The lowest BCUT2D eigenvalue weighted by Gasteiger charge is -2.36. The molecule has 0 saturated carbocycles. The van der Waals surface area contributed by atoms with Gasteiger partial charge in [0, 0.05) is 46.4 Å². The molecule has 0 spiro atoms. The van der Waals surface area contributed by atoms with Gasteiger partial charge in [-0.15, -0.1) is 0 Å². The molecule has 8 heteroatoms. The zero-order valence-corrected chi connectivity index (χ0v) is 18.5. The van der Waals surface area contributed by atoms with Crippen molar-refractivity contribution in [3.8, 4) is 0 Å². The van der Waals surface area contributed by atoms with Gasteiger partial charge in [0.15, 0.2) is 0 Å². The van der Waals surface area contributed by atoms with E-state index in [-0.39, 0.29) is 11.9 Å². The summed E-state index contributed by atoms with van der Waals surface area (Å²) >= 11 is 0. The summed E-state index contributed by atoms with van der Waals surface area (Å²) in [7, 11) is -1.86. The lowest BCUT2D eigenvalue weighted by atomic mass is 10.0. The van der Waals surface area contributed by atoms with Crippen LogP contribution >= 0.6 is 0 Å². The summed E-state index contributed by atoms with van der Waals surface area (Å²) in [6.07, 6.45) is 1.74. The van der Waals surface area contributed by atoms with Crippen molar-refractivity contribution < 1.29 is 17.9 Å². The standard InChI is InChI=1S/C21H33N3O4S/c1-17(2)16-18-4-6-19(7-5-18)29(26,27)24-12-10-22(11-13-24)20-8-9-23(21(20)25)14-15-28-3/h4-7,17,20H,8-16H2,1-3H3. The molecule has 29 heavy (non-hydrogen) atoms. The van der Waals surface area contributed by atoms with Gasteiger partial charge in [0.2, 0.25) is 15.9 Å². The van der Waals surface area contributed by atoms with Crippen LogP contribution in [0.4, 0.5) is 0 Å². The first kappa shape index (κ1) is 22.2. The van der Waals surface area contributed by atoms with Crippen LogP contribution in [0.3, 0.4) is 0 Å². The summed E-state index contributed by atoms with van der Waals surface area (Å²) in [6.45, 7) is 8.20. The number of likely N-dealkylation sites (tertiary alicyclic amines) is 1. The number of methoxy groups -OCH3 is 1. The van der Waals surface area contributed by atoms with Gasteiger partial charge in [-0.1, -0.05) is 26.0 Å². The molecule has 0 aliphatic carbocycles. The van der Waals surface area contributed by atoms with Gasteiger partial charge in [0.1, 0.15) is 0 Å². The first-order valence-electron chi connectivity index (χ1n) is 10.4. The van der Waals surface area contributed by atoms with Crippen molar-refractivity contribution in [2.45, 2.75) is 37.6 Å². The average Bonchev–Trinajstić information content (AvgIpc) is 3.07. The minimum absolute atomic E-state index is 0.132. The maximum Gasteiger partial charge on any atom is 0.243 e. The Labute approximate surface area is 174 Å². The van der Waals surface area contributed by atoms with Gasteiger partial charge in [-0.2, -0.15) is 4.31 Å². The molecule has 2 aliphatic rings. The van der Waals surface area contributed by atoms with Crippen LogP contribution in [0.15, 0.2) is 29.2 Å². The molecule has 162 valence electrons. The Bertz CT molecular complexity index is 787. The van der Waals surface area contributed by atoms with E-state index in [0.717, 1.165) is 24.9 Å². The first-order valence-corrected chi connectivity index (χ1v) is 11.9. The highest BCUT2D eigenvalue weighted by atomic mass is 32.2. The Kier molecular flexibility index (Phi) is 7.32. The zero-order valence-electron chi connectivity index (χ0n) is 17.7. The van der Waals surface area contributed by atoms with Crippen LogP contribution in [0, 0.1) is 5.92 Å². The predicted octanol–water partition coefficient (Wildman–Crippen LogP) is 1.44. The zero-order chi connectivity index (χ0) is 21.0. The second-order valence-corrected chi connectivity index (χ2v) is 10.2. The Morgan fingerprint density at radius 1 is 1.07 bits per heavy atom. The molecule has 1 atom stereocenters. The molecular weight excluding hydrogens is 390 g/mol. The SMILES string of the molecule is COCCN1CCC(N2CCN(S(=O)(=O)c3ccc(CC(C)C)cc3)CC2)C1=O. The minimum atomic E-state index is -3.50. The molecule has 3 rings (SSSR count). The quantitative estimate of drug-likeness (QED) is 0.633. The molecule has 2 fully saturated rings. The van der Waals surface area contributed by atoms with E-state index < -0.39 is 10.0 Å². The van der Waals surface area contributed by atoms with E-state index >= 15 is 0 Å². The van der Waals surface area contributed by atoms with E-state index in [1.807, 2.05) is 17.0 Å². The van der Waals surface area contributed by atoms with Gasteiger partial charge in [-0.05, 0) is 36.5 Å². The Balaban J connectivity index is 1.58. The monoisotopic (exact) mass is 423 g/mol. The van der Waals surface area contributed by atoms with Crippen molar-refractivity contribution in [3.05, 3.63) is 29.8 Å². The van der Waals surface area contributed by atoms with E-state index in [1.165, 1.54) is 0 Å². The van der Waals surface area contributed by atoms with Crippen molar-refractivity contribution in [2.24, 2.45) is 5.92 Å². The average molecular weight is 424 g/mol. The van der Waals surface area contributed by atoms with E-state index in [4.69, 9.17) is 4.74 Å². The lowest BCUT2D eigenvalue weighted by Crippen LogP contribution is -2.53. The number of ether oxygens (including phenoxy) is 1. The summed E-state index contributed by atoms with van der Waals surface area (Å²) < 4.78 is 32.6. The van der Waals surface area contributed by atoms with Gasteiger partial charge in [-0.25, -0.2) is 8.42 Å². The van der Waals surface area contributed by atoms with Crippen molar-refractivity contribution >= 4 is 15.9 Å². The van der Waals surface area contributed by atoms with Crippen molar-refractivity contribution in [2.75, 3.05) is 53.0 Å². The number of carbonyl (C=O) groups excluding carboxylic acids is 1. The predicted molar refractivity (Wildman–Crippen MR) is 112 cm³/mol. The summed E-state index contributed by atoms with van der Waals surface area (Å²) in [5, 5.41) is 0. The van der Waals surface area contributed by atoms with Crippen LogP contribution < -0.4 is 0 Å². The Morgan fingerprint density at radius 2 is 1.72 bits per heavy atom. The highest BCUT2D eigenvalue weighted by Gasteiger charge is 2.38. The van der Waals surface area contributed by atoms with Crippen LogP contribution in [0.1, 0.15) is 25.8 Å². The number of amides is 1. The highest BCUT2D eigenvalue weighted by Crippen LogP contribution is 2.23. The smallest absolute Gasteiger partial charge is 0.243 e. The number of benzene rings is 1. The van der Waals surface area contributed by atoms with Gasteiger partial charge in [-0.3, -0.25) is 9.69 Å². The molecule has 7 nitrogen and oxygen atoms in total. The Hall–Kier alpha value is -1.48. The van der Waals surface area contributed by atoms with Crippen LogP contribution in [0.25, 0.3) is 0 Å². The largest absolute Gasteiger partial charge is 0.383 e. The van der Waals surface area contributed by atoms with Gasteiger partial charge < -0.3 is 9.64 Å². The molecular formula is C21H33N3O4S. The molecule has 0 aromatic heterocycles. The van der Waals surface area contributed by atoms with Crippen LogP contribution in [-0.2, 0) is 26.0 Å². The Morgan fingerprint density at radius 3 is 2.31 bits per heavy atom. The number of carbonyl (C=O) groups is 1. The number of nitrogens with zero attached hydrogens (tertiary/aromatic N) is 3. The van der Waals surface area contributed by atoms with E-state index in [0.29, 0.717) is 50.1 Å². The minimum Gasteiger partial charge on any atom is -0.383 e. The highest BCUT2D eigenvalue weighted by molar-refractivity contribution is 7.89. The van der Waals surface area contributed by atoms with E-state index in [2.05, 4.69) is 18.7 Å². The third-order valence-electron chi connectivity index (χ3n) is 5.75. The van der Waals surface area contributed by atoms with Crippen molar-refractivity contribution in [1.82, 2.24) is 14.1 Å². The molecule has 0 radical (unpaired) electrons.